The molecule has 2 aromatic carbocycles. The lowest BCUT2D eigenvalue weighted by molar-refractivity contribution is -0.113. The Kier molecular flexibility index (Phi) is 6.88. The smallest absolute Gasteiger partial charge is 0.286 e. The average Bonchev–Trinajstić information content (AvgIpc) is 3.15. The topological polar surface area (TPSA) is 45.1 Å². The molecule has 1 saturated heterocycles. The number of halogens is 1. The van der Waals surface area contributed by atoms with Gasteiger partial charge in [0.2, 0.25) is 0 Å². The van der Waals surface area contributed by atoms with Crippen molar-refractivity contribution in [3.05, 3.63) is 63.5 Å². The van der Waals surface area contributed by atoms with Crippen molar-refractivity contribution >= 4 is 46.2 Å². The van der Waals surface area contributed by atoms with Gasteiger partial charge in [-0.2, -0.15) is 4.99 Å². The summed E-state index contributed by atoms with van der Waals surface area (Å²) in [5.74, 6) is 0.613. The predicted octanol–water partition coefficient (Wildman–Crippen LogP) is 5.23. The van der Waals surface area contributed by atoms with Crippen molar-refractivity contribution in [1.82, 2.24) is 4.90 Å². The average molecular weight is 456 g/mol. The number of ether oxygens (including phenoxy) is 1. The summed E-state index contributed by atoms with van der Waals surface area (Å²) in [6.07, 6.45) is 2.83. The van der Waals surface area contributed by atoms with E-state index in [1.165, 1.54) is 11.8 Å². The molecule has 0 aliphatic carbocycles. The zero-order chi connectivity index (χ0) is 21.8. The van der Waals surface area contributed by atoms with Gasteiger partial charge in [0.15, 0.2) is 5.17 Å². The molecule has 162 valence electrons. The summed E-state index contributed by atoms with van der Waals surface area (Å²) in [6.45, 7) is 8.09. The summed E-state index contributed by atoms with van der Waals surface area (Å²) in [6, 6.07) is 14.0. The van der Waals surface area contributed by atoms with Crippen LogP contribution in [0.15, 0.2) is 52.4 Å². The van der Waals surface area contributed by atoms with Gasteiger partial charge in [0.05, 0.1) is 11.5 Å². The third kappa shape index (κ3) is 5.08. The summed E-state index contributed by atoms with van der Waals surface area (Å²) in [5, 5.41) is 1.57. The van der Waals surface area contributed by atoms with Crippen molar-refractivity contribution in [2.24, 2.45) is 4.99 Å². The highest BCUT2D eigenvalue weighted by Crippen LogP contribution is 2.33. The Balaban J connectivity index is 1.40. The second-order valence-electron chi connectivity index (χ2n) is 7.60. The fraction of sp³-hybridized carbons (Fsp3) is 0.333. The highest BCUT2D eigenvalue weighted by molar-refractivity contribution is 8.18. The number of hydrogen-bond donors (Lipinski definition) is 0. The maximum Gasteiger partial charge on any atom is 0.286 e. The third-order valence-electron chi connectivity index (χ3n) is 5.35. The summed E-state index contributed by atoms with van der Waals surface area (Å²) in [4.78, 5) is 22.0. The van der Waals surface area contributed by atoms with Gasteiger partial charge in [0.1, 0.15) is 5.75 Å². The van der Waals surface area contributed by atoms with Crippen LogP contribution in [-0.4, -0.2) is 48.8 Å². The van der Waals surface area contributed by atoms with Gasteiger partial charge in [0.25, 0.3) is 5.91 Å². The number of amidine groups is 1. The molecule has 4 rings (SSSR count). The molecule has 2 heterocycles. The van der Waals surface area contributed by atoms with Crippen LogP contribution in [0, 0.1) is 6.92 Å². The first-order valence-corrected chi connectivity index (χ1v) is 11.7. The van der Waals surface area contributed by atoms with Crippen LogP contribution in [0.25, 0.3) is 6.08 Å². The zero-order valence-corrected chi connectivity index (χ0v) is 19.4. The van der Waals surface area contributed by atoms with Gasteiger partial charge < -0.3 is 14.5 Å². The fourth-order valence-corrected chi connectivity index (χ4v) is 4.68. The number of thioether (sulfide) groups is 1. The van der Waals surface area contributed by atoms with Gasteiger partial charge in [-0.1, -0.05) is 42.8 Å². The standard InChI is InChI=1S/C24H26ClN3O2S/c1-3-14-30-21-7-5-4-6-18(21)15-22-23(29)26-24(31-22)28-12-10-27(11-13-28)19-9-8-17(2)20(25)16-19/h4-9,15-16H,3,10-14H2,1-2H3. The molecule has 7 heteroatoms. The van der Waals surface area contributed by atoms with Gasteiger partial charge in [0, 0.05) is 42.5 Å². The summed E-state index contributed by atoms with van der Waals surface area (Å²) in [7, 11) is 0. The van der Waals surface area contributed by atoms with E-state index in [0.717, 1.165) is 65.4 Å². The van der Waals surface area contributed by atoms with Crippen LogP contribution in [0.5, 0.6) is 5.75 Å². The van der Waals surface area contributed by atoms with E-state index in [2.05, 4.69) is 33.8 Å². The third-order valence-corrected chi connectivity index (χ3v) is 6.80. The van der Waals surface area contributed by atoms with Crippen molar-refractivity contribution in [3.63, 3.8) is 0 Å². The Bertz CT molecular complexity index is 1030. The quantitative estimate of drug-likeness (QED) is 0.577. The molecular formula is C24H26ClN3O2S. The molecule has 5 nitrogen and oxygen atoms in total. The summed E-state index contributed by atoms with van der Waals surface area (Å²) >= 11 is 7.74. The Morgan fingerprint density at radius 1 is 1.13 bits per heavy atom. The first-order chi connectivity index (χ1) is 15.0. The normalized spacial score (nSPS) is 18.0. The van der Waals surface area contributed by atoms with E-state index in [-0.39, 0.29) is 5.91 Å². The molecule has 1 amide bonds. The number of carbonyl (C=O) groups excluding carboxylic acids is 1. The van der Waals surface area contributed by atoms with Crippen LogP contribution >= 0.6 is 23.4 Å². The van der Waals surface area contributed by atoms with Crippen LogP contribution in [-0.2, 0) is 4.79 Å². The molecule has 2 aliphatic heterocycles. The molecule has 0 aromatic heterocycles. The van der Waals surface area contributed by atoms with E-state index in [0.29, 0.717) is 11.5 Å². The molecule has 1 fully saturated rings. The largest absolute Gasteiger partial charge is 0.493 e. The molecule has 0 radical (unpaired) electrons. The van der Waals surface area contributed by atoms with E-state index in [1.807, 2.05) is 43.3 Å². The van der Waals surface area contributed by atoms with E-state index in [1.54, 1.807) is 0 Å². The second kappa shape index (κ2) is 9.79. The van der Waals surface area contributed by atoms with E-state index in [9.17, 15) is 4.79 Å². The number of piperazine rings is 1. The van der Waals surface area contributed by atoms with Gasteiger partial charge in [-0.05, 0) is 54.9 Å². The number of nitrogens with zero attached hydrogens (tertiary/aromatic N) is 3. The molecule has 0 spiro atoms. The maximum absolute atomic E-state index is 12.5. The highest BCUT2D eigenvalue weighted by Gasteiger charge is 2.28. The minimum Gasteiger partial charge on any atom is -0.493 e. The van der Waals surface area contributed by atoms with Crippen molar-refractivity contribution in [2.45, 2.75) is 20.3 Å². The predicted molar refractivity (Wildman–Crippen MR) is 130 cm³/mol. The molecule has 0 N–H and O–H groups in total. The van der Waals surface area contributed by atoms with Crippen LogP contribution in [0.3, 0.4) is 0 Å². The lowest BCUT2D eigenvalue weighted by Gasteiger charge is -2.36. The second-order valence-corrected chi connectivity index (χ2v) is 9.02. The SMILES string of the molecule is CCCOc1ccccc1C=C1SC(N2CCN(c3ccc(C)c(Cl)c3)CC2)=NC1=O. The molecule has 0 bridgehead atoms. The molecule has 31 heavy (non-hydrogen) atoms. The summed E-state index contributed by atoms with van der Waals surface area (Å²) in [5.41, 5.74) is 3.13. The molecule has 2 aliphatic rings. The monoisotopic (exact) mass is 455 g/mol. The van der Waals surface area contributed by atoms with Gasteiger partial charge >= 0.3 is 0 Å². The molecule has 0 atom stereocenters. The van der Waals surface area contributed by atoms with Crippen LogP contribution < -0.4 is 9.64 Å². The Hall–Kier alpha value is -2.44. The van der Waals surface area contributed by atoms with Gasteiger partial charge in [-0.25, -0.2) is 0 Å². The van der Waals surface area contributed by atoms with Crippen molar-refractivity contribution in [2.75, 3.05) is 37.7 Å². The Morgan fingerprint density at radius 3 is 2.61 bits per heavy atom. The number of aliphatic imine (C=N–C) groups is 1. The Morgan fingerprint density at radius 2 is 1.87 bits per heavy atom. The number of amides is 1. The van der Waals surface area contributed by atoms with E-state index in [4.69, 9.17) is 16.3 Å². The lowest BCUT2D eigenvalue weighted by atomic mass is 10.2. The number of benzene rings is 2. The van der Waals surface area contributed by atoms with Crippen molar-refractivity contribution in [3.8, 4) is 5.75 Å². The first-order valence-electron chi connectivity index (χ1n) is 10.6. The number of para-hydroxylation sites is 1. The minimum atomic E-state index is -0.182. The van der Waals surface area contributed by atoms with Crippen LogP contribution in [0.1, 0.15) is 24.5 Å². The van der Waals surface area contributed by atoms with Crippen molar-refractivity contribution < 1.29 is 9.53 Å². The van der Waals surface area contributed by atoms with Crippen LogP contribution in [0.4, 0.5) is 5.69 Å². The molecule has 0 saturated carbocycles. The molecular weight excluding hydrogens is 430 g/mol. The number of aryl methyl sites for hydroxylation is 1. The first kappa shape index (κ1) is 21.8. The fourth-order valence-electron chi connectivity index (χ4n) is 3.55. The van der Waals surface area contributed by atoms with Gasteiger partial charge in [-0.15, -0.1) is 0 Å². The van der Waals surface area contributed by atoms with E-state index < -0.39 is 0 Å². The number of rotatable bonds is 5. The molecule has 2 aromatic rings. The number of carbonyl (C=O) groups is 1. The Labute approximate surface area is 192 Å². The maximum atomic E-state index is 12.5. The number of anilines is 1. The number of hydrogen-bond acceptors (Lipinski definition) is 5. The lowest BCUT2D eigenvalue weighted by Crippen LogP contribution is -2.47. The zero-order valence-electron chi connectivity index (χ0n) is 17.8. The van der Waals surface area contributed by atoms with Crippen molar-refractivity contribution in [1.29, 1.82) is 0 Å². The summed E-state index contributed by atoms with van der Waals surface area (Å²) < 4.78 is 5.82. The highest BCUT2D eigenvalue weighted by atomic mass is 35.5. The minimum absolute atomic E-state index is 0.182. The van der Waals surface area contributed by atoms with E-state index >= 15 is 0 Å². The van der Waals surface area contributed by atoms with Crippen LogP contribution in [0.2, 0.25) is 5.02 Å². The molecule has 0 unspecified atom stereocenters. The van der Waals surface area contributed by atoms with Gasteiger partial charge in [-0.3, -0.25) is 4.79 Å².